The van der Waals surface area contributed by atoms with Crippen LogP contribution >= 0.6 is 11.8 Å². The molecule has 0 aliphatic heterocycles. The fraction of sp³-hybridized carbons (Fsp3) is 0.778. The maximum atomic E-state index is 13.1. The van der Waals surface area contributed by atoms with E-state index in [0.29, 0.717) is 57.7 Å². The minimum Gasteiger partial charge on any atom is -0.444 e. The molecule has 2 amide bonds. The second kappa shape index (κ2) is 23.6. The van der Waals surface area contributed by atoms with Gasteiger partial charge in [0.1, 0.15) is 23.0 Å². The number of hydrogen-bond acceptors (Lipinski definition) is 14. The highest BCUT2D eigenvalue weighted by Crippen LogP contribution is 2.18. The Labute approximate surface area is 313 Å². The zero-order valence-corrected chi connectivity index (χ0v) is 33.2. The topological polar surface area (TPSA) is 190 Å². The molecular weight excluding hydrogens is 689 g/mol. The Morgan fingerprint density at radius 1 is 0.750 bits per heavy atom. The van der Waals surface area contributed by atoms with Crippen LogP contribution in [0, 0.1) is 0 Å². The fourth-order valence-corrected chi connectivity index (χ4v) is 6.14. The van der Waals surface area contributed by atoms with Gasteiger partial charge in [0, 0.05) is 19.6 Å². The van der Waals surface area contributed by atoms with Crippen LogP contribution < -0.4 is 42.8 Å². The summed E-state index contributed by atoms with van der Waals surface area (Å²) in [6.45, 7) is 13.5. The largest absolute Gasteiger partial charge is 0.444 e. The molecule has 52 heavy (non-hydrogen) atoms. The number of Topliss-reactive ketones (excluding diaryl/α,β-unsaturated/α-hetero) is 2. The molecule has 0 aromatic heterocycles. The van der Waals surface area contributed by atoms with Gasteiger partial charge in [-0.2, -0.15) is 11.8 Å². The van der Waals surface area contributed by atoms with Crippen LogP contribution in [0.25, 0.3) is 0 Å². The summed E-state index contributed by atoms with van der Waals surface area (Å²) in [5.74, 6) is -0.425. The molecule has 1 fully saturated rings. The van der Waals surface area contributed by atoms with Crippen molar-refractivity contribution in [2.45, 2.75) is 96.4 Å². The Hall–Kier alpha value is -3.05. The molecule has 1 aromatic rings. The van der Waals surface area contributed by atoms with Crippen LogP contribution in [0.15, 0.2) is 9.59 Å². The summed E-state index contributed by atoms with van der Waals surface area (Å²) in [6.07, 6.45) is 7.14. The van der Waals surface area contributed by atoms with Crippen molar-refractivity contribution in [3.05, 3.63) is 20.4 Å². The Morgan fingerprint density at radius 3 is 1.85 bits per heavy atom. The molecule has 0 radical (unpaired) electrons. The lowest BCUT2D eigenvalue weighted by Gasteiger charge is -2.34. The van der Waals surface area contributed by atoms with E-state index in [1.54, 1.807) is 11.8 Å². The van der Waals surface area contributed by atoms with E-state index in [0.717, 1.165) is 51.9 Å². The van der Waals surface area contributed by atoms with E-state index in [1.165, 1.54) is 0 Å². The van der Waals surface area contributed by atoms with Gasteiger partial charge in [-0.05, 0) is 125 Å². The normalized spacial score (nSPS) is 16.6. The average Bonchev–Trinajstić information content (AvgIpc) is 3.10. The summed E-state index contributed by atoms with van der Waals surface area (Å²) in [7, 11) is 4.06. The van der Waals surface area contributed by atoms with Gasteiger partial charge in [-0.25, -0.2) is 4.79 Å². The van der Waals surface area contributed by atoms with Crippen LogP contribution in [-0.2, 0) is 19.1 Å². The van der Waals surface area contributed by atoms with Gasteiger partial charge in [0.2, 0.25) is 17.5 Å². The lowest BCUT2D eigenvalue weighted by Crippen LogP contribution is -2.69. The number of carbonyl (C=O) groups excluding carboxylic acids is 4. The standard InChI is InChI=1S/C36H64N8O7S/c1-8-9-20-43(5)21-11-17-38-27-26(30(45)31(27)46)37-15-10-16-40-34(49)25(14-24-52-7)42-29-28(32(47)33(29)48)39-18-12-22-44(6)23-13-19-41-35(50)51-36(2,3)4/h25-27,37-39,42H,8-24H2,1-7H3,(H,40,49)(H,41,50). The van der Waals surface area contributed by atoms with Gasteiger partial charge in [0.05, 0.1) is 12.1 Å². The predicted octanol–water partition coefficient (Wildman–Crippen LogP) is 1.16. The number of thioether (sulfide) groups is 1. The van der Waals surface area contributed by atoms with Crippen molar-refractivity contribution < 1.29 is 23.9 Å². The number of nitrogens with one attached hydrogen (secondary N) is 6. The van der Waals surface area contributed by atoms with Crippen molar-refractivity contribution in [3.63, 3.8) is 0 Å². The SMILES string of the molecule is CCCCN(C)CCCNC1C(=O)C(=O)C1NCCCNC(=O)C(CCSC)Nc1c(NCCCN(C)CCCNC(=O)OC(C)(C)C)c(=O)c1=O. The lowest BCUT2D eigenvalue weighted by atomic mass is 9.83. The summed E-state index contributed by atoms with van der Waals surface area (Å²) in [5.41, 5.74) is -1.45. The fourth-order valence-electron chi connectivity index (χ4n) is 5.67. The van der Waals surface area contributed by atoms with Crippen molar-refractivity contribution in [2.24, 2.45) is 0 Å². The highest BCUT2D eigenvalue weighted by atomic mass is 32.2. The van der Waals surface area contributed by atoms with Crippen LogP contribution in [-0.4, -0.2) is 142 Å². The zero-order valence-electron chi connectivity index (χ0n) is 32.4. The van der Waals surface area contributed by atoms with Crippen LogP contribution in [0.1, 0.15) is 72.6 Å². The van der Waals surface area contributed by atoms with E-state index in [-0.39, 0.29) is 17.3 Å². The molecule has 6 N–H and O–H groups in total. The van der Waals surface area contributed by atoms with Gasteiger partial charge in [0.15, 0.2) is 0 Å². The molecule has 0 saturated heterocycles. The predicted molar refractivity (Wildman–Crippen MR) is 209 cm³/mol. The number of anilines is 2. The van der Waals surface area contributed by atoms with Gasteiger partial charge in [-0.3, -0.25) is 24.0 Å². The number of carbonyl (C=O) groups is 4. The molecule has 15 nitrogen and oxygen atoms in total. The maximum absolute atomic E-state index is 13.1. The van der Waals surface area contributed by atoms with Crippen LogP contribution in [0.3, 0.4) is 0 Å². The number of ketones is 2. The zero-order chi connectivity index (χ0) is 38.7. The van der Waals surface area contributed by atoms with Gasteiger partial charge in [-0.15, -0.1) is 0 Å². The molecule has 3 atom stereocenters. The number of rotatable bonds is 28. The van der Waals surface area contributed by atoms with E-state index in [1.807, 2.05) is 34.1 Å². The number of alkyl carbamates (subject to hydrolysis) is 1. The summed E-state index contributed by atoms with van der Waals surface area (Å²) in [4.78, 5) is 78.5. The van der Waals surface area contributed by atoms with Crippen molar-refractivity contribution in [1.82, 2.24) is 31.1 Å². The first-order chi connectivity index (χ1) is 24.7. The first-order valence-electron chi connectivity index (χ1n) is 18.7. The minimum absolute atomic E-state index is 0.133. The molecule has 1 aliphatic carbocycles. The van der Waals surface area contributed by atoms with E-state index >= 15 is 0 Å². The van der Waals surface area contributed by atoms with Crippen LogP contribution in [0.4, 0.5) is 16.2 Å². The van der Waals surface area contributed by atoms with Crippen molar-refractivity contribution in [3.8, 4) is 0 Å². The summed E-state index contributed by atoms with van der Waals surface area (Å²) in [6, 6.07) is -1.79. The second-order valence-corrected chi connectivity index (χ2v) is 15.5. The number of hydrogen-bond donors (Lipinski definition) is 6. The molecule has 0 spiro atoms. The first-order valence-corrected chi connectivity index (χ1v) is 20.1. The van der Waals surface area contributed by atoms with Crippen molar-refractivity contribution >= 4 is 46.7 Å². The molecule has 1 aromatic carbocycles. The third-order valence-electron chi connectivity index (χ3n) is 8.69. The average molecular weight is 753 g/mol. The van der Waals surface area contributed by atoms with Gasteiger partial charge in [0.25, 0.3) is 10.9 Å². The molecule has 3 unspecified atom stereocenters. The highest BCUT2D eigenvalue weighted by Gasteiger charge is 2.48. The minimum atomic E-state index is -0.704. The molecule has 1 saturated carbocycles. The van der Waals surface area contributed by atoms with Gasteiger partial charge >= 0.3 is 6.09 Å². The Kier molecular flexibility index (Phi) is 20.5. The lowest BCUT2D eigenvalue weighted by molar-refractivity contribution is -0.147. The molecule has 2 rings (SSSR count). The number of amides is 2. The monoisotopic (exact) mass is 752 g/mol. The van der Waals surface area contributed by atoms with E-state index in [4.69, 9.17) is 4.74 Å². The molecule has 0 heterocycles. The smallest absolute Gasteiger partial charge is 0.407 e. The molecule has 1 aliphatic rings. The van der Waals surface area contributed by atoms with Crippen molar-refractivity contribution in [2.75, 3.05) is 95.6 Å². The summed E-state index contributed by atoms with van der Waals surface area (Å²) >= 11 is 1.57. The third-order valence-corrected chi connectivity index (χ3v) is 9.34. The maximum Gasteiger partial charge on any atom is 0.407 e. The van der Waals surface area contributed by atoms with Crippen LogP contribution in [0.2, 0.25) is 0 Å². The Morgan fingerprint density at radius 2 is 1.27 bits per heavy atom. The number of unbranched alkanes of at least 4 members (excludes halogenated alkanes) is 1. The summed E-state index contributed by atoms with van der Waals surface area (Å²) < 4.78 is 5.23. The number of nitrogens with zero attached hydrogens (tertiary/aromatic N) is 2. The molecule has 0 bridgehead atoms. The van der Waals surface area contributed by atoms with Gasteiger partial charge in [-0.1, -0.05) is 13.3 Å². The van der Waals surface area contributed by atoms with E-state index in [2.05, 4.69) is 55.7 Å². The molecule has 296 valence electrons. The van der Waals surface area contributed by atoms with E-state index < -0.39 is 52.2 Å². The number of ether oxygens (including phenoxy) is 1. The Balaban J connectivity index is 1.72. The Bertz CT molecular complexity index is 1350. The summed E-state index contributed by atoms with van der Waals surface area (Å²) in [5, 5.41) is 18.1. The molecule has 16 heteroatoms. The first kappa shape index (κ1) is 45.1. The second-order valence-electron chi connectivity index (χ2n) is 14.5. The third kappa shape index (κ3) is 15.9. The quantitative estimate of drug-likeness (QED) is 0.0528. The van der Waals surface area contributed by atoms with E-state index in [9.17, 15) is 28.8 Å². The van der Waals surface area contributed by atoms with Crippen molar-refractivity contribution in [1.29, 1.82) is 0 Å². The highest BCUT2D eigenvalue weighted by molar-refractivity contribution is 7.98. The van der Waals surface area contributed by atoms with Crippen LogP contribution in [0.5, 0.6) is 0 Å². The van der Waals surface area contributed by atoms with Gasteiger partial charge < -0.3 is 46.4 Å². The molecular formula is C36H64N8O7S.